The lowest BCUT2D eigenvalue weighted by molar-refractivity contribution is -0.134. The number of halogens is 1. The number of hydrogen-bond acceptors (Lipinski definition) is 3. The topological polar surface area (TPSA) is 30.2 Å². The van der Waals surface area contributed by atoms with Gasteiger partial charge in [0.2, 0.25) is 0 Å². The molecule has 2 aromatic rings. The van der Waals surface area contributed by atoms with Gasteiger partial charge in [0.05, 0.1) is 6.26 Å². The largest absolute Gasteiger partial charge is 0.457 e. The van der Waals surface area contributed by atoms with Gasteiger partial charge in [0.1, 0.15) is 5.82 Å². The van der Waals surface area contributed by atoms with Gasteiger partial charge in [-0.25, -0.2) is 4.39 Å². The molecule has 0 saturated heterocycles. The van der Waals surface area contributed by atoms with Crippen molar-refractivity contribution in [1.29, 1.82) is 0 Å². The highest BCUT2D eigenvalue weighted by Gasteiger charge is 2.54. The highest BCUT2D eigenvalue weighted by molar-refractivity contribution is 7.99. The van der Waals surface area contributed by atoms with Crippen LogP contribution in [0.3, 0.4) is 0 Å². The van der Waals surface area contributed by atoms with Crippen molar-refractivity contribution in [1.82, 2.24) is 0 Å². The molecule has 0 unspecified atom stereocenters. The number of carbonyl (C=O) groups excluding carboxylic acids is 1. The van der Waals surface area contributed by atoms with Crippen molar-refractivity contribution in [2.24, 2.45) is 22.7 Å². The molecule has 30 heavy (non-hydrogen) atoms. The average molecular weight is 425 g/mol. The minimum atomic E-state index is -0.244. The summed E-state index contributed by atoms with van der Waals surface area (Å²) in [5.74, 6) is 0.319. The molecule has 3 atom stereocenters. The van der Waals surface area contributed by atoms with E-state index in [1.54, 1.807) is 18.4 Å². The van der Waals surface area contributed by atoms with Gasteiger partial charge in [-0.2, -0.15) is 0 Å². The van der Waals surface area contributed by atoms with E-state index in [0.29, 0.717) is 5.78 Å². The summed E-state index contributed by atoms with van der Waals surface area (Å²) in [6.07, 6.45) is 11.3. The van der Waals surface area contributed by atoms with E-state index in [9.17, 15) is 9.18 Å². The second-order valence-corrected chi connectivity index (χ2v) is 10.7. The zero-order valence-electron chi connectivity index (χ0n) is 18.1. The van der Waals surface area contributed by atoms with Crippen molar-refractivity contribution < 1.29 is 13.6 Å². The number of allylic oxidation sites excluding steroid dienone is 3. The SMILES string of the molecule is CC1=CC(=O)[C@H]2C(C)(C)CCC[C@]2(C)[C@H]1/C=C/c1ccoc1Sc1ccc(F)cc1. The molecule has 0 amide bonds. The molecule has 1 aromatic carbocycles. The van der Waals surface area contributed by atoms with Crippen molar-refractivity contribution in [3.63, 3.8) is 0 Å². The summed E-state index contributed by atoms with van der Waals surface area (Å²) in [4.78, 5) is 13.9. The molecule has 0 bridgehead atoms. The van der Waals surface area contributed by atoms with E-state index in [2.05, 4.69) is 39.8 Å². The summed E-state index contributed by atoms with van der Waals surface area (Å²) in [7, 11) is 0. The van der Waals surface area contributed by atoms with E-state index in [1.807, 2.05) is 12.1 Å². The number of hydrogen-bond donors (Lipinski definition) is 0. The minimum absolute atomic E-state index is 0.0204. The van der Waals surface area contributed by atoms with E-state index >= 15 is 0 Å². The summed E-state index contributed by atoms with van der Waals surface area (Å²) in [5.41, 5.74) is 2.10. The molecule has 1 heterocycles. The first kappa shape index (κ1) is 21.2. The molecule has 0 aliphatic heterocycles. The number of benzene rings is 1. The maximum absolute atomic E-state index is 13.2. The molecule has 4 heteroatoms. The molecular weight excluding hydrogens is 395 g/mol. The number of furan rings is 1. The first-order chi connectivity index (χ1) is 14.2. The maximum Gasteiger partial charge on any atom is 0.171 e. The first-order valence-corrected chi connectivity index (χ1v) is 11.4. The standard InChI is InChI=1S/C26H29FO2S/c1-17-16-22(28)23-25(2,3)13-5-14-26(23,4)21(17)11-6-18-12-15-29-24(18)30-20-9-7-19(27)8-10-20/h6-12,15-16,21,23H,5,13-14H2,1-4H3/b11-6+/t21-,23-,26+/m0/s1. The van der Waals surface area contributed by atoms with E-state index in [4.69, 9.17) is 4.42 Å². The van der Waals surface area contributed by atoms with Crippen LogP contribution in [0.1, 0.15) is 52.5 Å². The molecule has 1 aromatic heterocycles. The molecule has 2 nitrogen and oxygen atoms in total. The third-order valence-corrected chi connectivity index (χ3v) is 8.01. The van der Waals surface area contributed by atoms with Gasteiger partial charge in [-0.15, -0.1) is 0 Å². The van der Waals surface area contributed by atoms with Gasteiger partial charge < -0.3 is 4.42 Å². The summed E-state index contributed by atoms with van der Waals surface area (Å²) < 4.78 is 18.9. The number of carbonyl (C=O) groups is 1. The predicted octanol–water partition coefficient (Wildman–Crippen LogP) is 7.56. The van der Waals surface area contributed by atoms with E-state index in [1.165, 1.54) is 23.9 Å². The molecule has 0 radical (unpaired) electrons. The van der Waals surface area contributed by atoms with Gasteiger partial charge in [-0.3, -0.25) is 4.79 Å². The molecule has 2 aliphatic carbocycles. The van der Waals surface area contributed by atoms with Crippen LogP contribution < -0.4 is 0 Å². The average Bonchev–Trinajstić information content (AvgIpc) is 3.09. The lowest BCUT2D eigenvalue weighted by Gasteiger charge is -2.55. The van der Waals surface area contributed by atoms with Crippen LogP contribution in [0, 0.1) is 28.5 Å². The molecule has 1 saturated carbocycles. The number of ketones is 1. The fourth-order valence-corrected chi connectivity index (χ4v) is 6.61. The fraction of sp³-hybridized carbons (Fsp3) is 0.423. The second-order valence-electron chi connectivity index (χ2n) is 9.63. The Balaban J connectivity index is 1.62. The normalized spacial score (nSPS) is 28.4. The summed E-state index contributed by atoms with van der Waals surface area (Å²) in [6, 6.07) is 8.39. The Hall–Kier alpha value is -2.07. The van der Waals surface area contributed by atoms with Gasteiger partial charge in [0, 0.05) is 22.3 Å². The van der Waals surface area contributed by atoms with Gasteiger partial charge in [0.15, 0.2) is 10.9 Å². The lowest BCUT2D eigenvalue weighted by atomic mass is 9.48. The van der Waals surface area contributed by atoms with Crippen molar-refractivity contribution in [2.75, 3.05) is 0 Å². The van der Waals surface area contributed by atoms with Gasteiger partial charge in [0.25, 0.3) is 0 Å². The van der Waals surface area contributed by atoms with Gasteiger partial charge in [-0.1, -0.05) is 56.7 Å². The van der Waals surface area contributed by atoms with Crippen molar-refractivity contribution in [3.8, 4) is 0 Å². The molecular formula is C26H29FO2S. The van der Waals surface area contributed by atoms with Crippen LogP contribution in [-0.2, 0) is 4.79 Å². The van der Waals surface area contributed by atoms with Crippen LogP contribution in [-0.4, -0.2) is 5.78 Å². The van der Waals surface area contributed by atoms with Gasteiger partial charge >= 0.3 is 0 Å². The highest BCUT2D eigenvalue weighted by atomic mass is 32.2. The van der Waals surface area contributed by atoms with Crippen LogP contribution >= 0.6 is 11.8 Å². The van der Waals surface area contributed by atoms with Crippen molar-refractivity contribution in [2.45, 2.75) is 56.9 Å². The predicted molar refractivity (Wildman–Crippen MR) is 120 cm³/mol. The van der Waals surface area contributed by atoms with Crippen molar-refractivity contribution >= 4 is 23.6 Å². The quantitative estimate of drug-likeness (QED) is 0.507. The summed E-state index contributed by atoms with van der Waals surface area (Å²) in [5, 5.41) is 0.789. The molecule has 0 spiro atoms. The summed E-state index contributed by atoms with van der Waals surface area (Å²) >= 11 is 1.49. The monoisotopic (exact) mass is 424 g/mol. The van der Waals surface area contributed by atoms with E-state index < -0.39 is 0 Å². The molecule has 158 valence electrons. The fourth-order valence-electron chi connectivity index (χ4n) is 5.76. The highest BCUT2D eigenvalue weighted by Crippen LogP contribution is 2.58. The van der Waals surface area contributed by atoms with Crippen molar-refractivity contribution in [3.05, 3.63) is 65.7 Å². The Bertz CT molecular complexity index is 998. The second kappa shape index (κ2) is 7.88. The Morgan fingerprint density at radius 3 is 2.60 bits per heavy atom. The molecule has 0 N–H and O–H groups in total. The lowest BCUT2D eigenvalue weighted by Crippen LogP contribution is -2.52. The number of fused-ring (bicyclic) bond motifs is 1. The van der Waals surface area contributed by atoms with E-state index in [-0.39, 0.29) is 28.5 Å². The zero-order chi connectivity index (χ0) is 21.5. The third-order valence-electron chi connectivity index (χ3n) is 6.98. The van der Waals surface area contributed by atoms with Crippen LogP contribution in [0.25, 0.3) is 6.08 Å². The first-order valence-electron chi connectivity index (χ1n) is 10.6. The molecule has 4 rings (SSSR count). The summed E-state index contributed by atoms with van der Waals surface area (Å²) in [6.45, 7) is 8.87. The maximum atomic E-state index is 13.2. The smallest absolute Gasteiger partial charge is 0.171 e. The Morgan fingerprint density at radius 1 is 1.13 bits per heavy atom. The van der Waals surface area contributed by atoms with Gasteiger partial charge in [-0.05, 0) is 67.0 Å². The Morgan fingerprint density at radius 2 is 1.87 bits per heavy atom. The minimum Gasteiger partial charge on any atom is -0.457 e. The van der Waals surface area contributed by atoms with E-state index in [0.717, 1.165) is 40.4 Å². The van der Waals surface area contributed by atoms with Crippen LogP contribution in [0.15, 0.2) is 68.7 Å². The zero-order valence-corrected chi connectivity index (χ0v) is 18.9. The van der Waals surface area contributed by atoms with Crippen LogP contribution in [0.2, 0.25) is 0 Å². The third kappa shape index (κ3) is 3.82. The molecule has 1 fully saturated rings. The van der Waals surface area contributed by atoms with Crippen LogP contribution in [0.4, 0.5) is 4.39 Å². The Kier molecular flexibility index (Phi) is 5.56. The Labute approximate surface area is 182 Å². The number of rotatable bonds is 4. The van der Waals surface area contributed by atoms with Crippen LogP contribution in [0.5, 0.6) is 0 Å². The molecule has 2 aliphatic rings.